The van der Waals surface area contributed by atoms with E-state index in [2.05, 4.69) is 0 Å². The Balaban J connectivity index is 4.47. The lowest BCUT2D eigenvalue weighted by atomic mass is 9.90. The number of hydrogen-bond acceptors (Lipinski definition) is 5. The van der Waals surface area contributed by atoms with Gasteiger partial charge in [-0.2, -0.15) is 0 Å². The van der Waals surface area contributed by atoms with Crippen molar-refractivity contribution in [2.24, 2.45) is 0 Å². The van der Waals surface area contributed by atoms with Gasteiger partial charge in [-0.3, -0.25) is 0 Å². The quantitative estimate of drug-likeness (QED) is 0.375. The van der Waals surface area contributed by atoms with Crippen molar-refractivity contribution in [2.75, 3.05) is 0 Å². The van der Waals surface area contributed by atoms with E-state index in [-0.39, 0.29) is 6.29 Å². The number of rotatable bonds is 4. The second-order valence-corrected chi connectivity index (χ2v) is 2.99. The zero-order chi connectivity index (χ0) is 9.94. The summed E-state index contributed by atoms with van der Waals surface area (Å²) in [7, 11) is 0. The van der Waals surface area contributed by atoms with Crippen molar-refractivity contribution in [3.05, 3.63) is 0 Å². The Bertz CT molecular complexity index is 154. The Kier molecular flexibility index (Phi) is 3.79. The molecule has 0 aliphatic rings. The van der Waals surface area contributed by atoms with Crippen LogP contribution in [0.25, 0.3) is 0 Å². The monoisotopic (exact) mass is 178 g/mol. The fraction of sp³-hybridized carbons (Fsp3) is 0.857. The van der Waals surface area contributed by atoms with Gasteiger partial charge in [0.1, 0.15) is 17.8 Å². The first-order valence-electron chi connectivity index (χ1n) is 3.56. The highest BCUT2D eigenvalue weighted by molar-refractivity contribution is 5.58. The van der Waals surface area contributed by atoms with Crippen LogP contribution in [-0.2, 0) is 4.79 Å². The van der Waals surface area contributed by atoms with E-state index in [1.54, 1.807) is 0 Å². The molecule has 0 amide bonds. The molecule has 0 radical (unpaired) electrons. The molecule has 4 N–H and O–H groups in total. The van der Waals surface area contributed by atoms with Crippen molar-refractivity contribution in [3.63, 3.8) is 0 Å². The molecule has 0 rings (SSSR count). The van der Waals surface area contributed by atoms with E-state index in [9.17, 15) is 9.90 Å². The number of aldehydes is 1. The van der Waals surface area contributed by atoms with E-state index in [0.29, 0.717) is 0 Å². The number of carbonyl (C=O) groups is 1. The average molecular weight is 178 g/mol. The molecule has 5 heteroatoms. The van der Waals surface area contributed by atoms with Crippen LogP contribution in [0.4, 0.5) is 0 Å². The molecule has 0 spiro atoms. The molecule has 4 atom stereocenters. The van der Waals surface area contributed by atoms with Crippen molar-refractivity contribution >= 4 is 6.29 Å². The fourth-order valence-corrected chi connectivity index (χ4v) is 0.801. The molecule has 0 heterocycles. The van der Waals surface area contributed by atoms with Crippen LogP contribution in [-0.4, -0.2) is 50.6 Å². The molecular formula is C7H14O5. The van der Waals surface area contributed by atoms with Gasteiger partial charge in [0.05, 0.1) is 6.10 Å². The van der Waals surface area contributed by atoms with Gasteiger partial charge in [0.2, 0.25) is 0 Å². The third-order valence-electron chi connectivity index (χ3n) is 1.78. The van der Waals surface area contributed by atoms with Gasteiger partial charge in [-0.15, -0.1) is 0 Å². The van der Waals surface area contributed by atoms with Crippen molar-refractivity contribution in [3.8, 4) is 0 Å². The molecule has 0 unspecified atom stereocenters. The molecule has 0 aliphatic heterocycles. The molecule has 0 fully saturated rings. The maximum atomic E-state index is 10.1. The molecule has 5 nitrogen and oxygen atoms in total. The molecule has 12 heavy (non-hydrogen) atoms. The van der Waals surface area contributed by atoms with Crippen LogP contribution < -0.4 is 0 Å². The van der Waals surface area contributed by atoms with Crippen molar-refractivity contribution < 1.29 is 25.2 Å². The van der Waals surface area contributed by atoms with Gasteiger partial charge in [0.15, 0.2) is 6.29 Å². The van der Waals surface area contributed by atoms with Gasteiger partial charge in [0, 0.05) is 0 Å². The Hall–Kier alpha value is -0.490. The molecule has 0 saturated heterocycles. The Labute approximate surface area is 70.3 Å². The highest BCUT2D eigenvalue weighted by atomic mass is 16.4. The summed E-state index contributed by atoms with van der Waals surface area (Å²) in [6.07, 6.45) is -4.37. The maximum absolute atomic E-state index is 10.1. The minimum absolute atomic E-state index is 0.103. The fourth-order valence-electron chi connectivity index (χ4n) is 0.801. The van der Waals surface area contributed by atoms with Gasteiger partial charge >= 0.3 is 0 Å². The van der Waals surface area contributed by atoms with Crippen molar-refractivity contribution in [1.82, 2.24) is 0 Å². The molecule has 0 aromatic carbocycles. The predicted molar refractivity (Wildman–Crippen MR) is 40.4 cm³/mol. The summed E-state index contributed by atoms with van der Waals surface area (Å²) in [5.41, 5.74) is -2.02. The number of carbonyl (C=O) groups excluding carboxylic acids is 1. The maximum Gasteiger partial charge on any atom is 0.151 e. The Morgan fingerprint density at radius 1 is 1.33 bits per heavy atom. The van der Waals surface area contributed by atoms with Crippen LogP contribution in [0.1, 0.15) is 13.8 Å². The summed E-state index contributed by atoms with van der Waals surface area (Å²) in [5.74, 6) is 0. The van der Waals surface area contributed by atoms with Gasteiger partial charge in [-0.05, 0) is 13.8 Å². The van der Waals surface area contributed by atoms with E-state index < -0.39 is 23.9 Å². The minimum Gasteiger partial charge on any atom is -0.391 e. The summed E-state index contributed by atoms with van der Waals surface area (Å²) >= 11 is 0. The highest BCUT2D eigenvalue weighted by Gasteiger charge is 2.40. The summed E-state index contributed by atoms with van der Waals surface area (Å²) in [6, 6.07) is 0. The van der Waals surface area contributed by atoms with Crippen LogP contribution in [0.5, 0.6) is 0 Å². The van der Waals surface area contributed by atoms with Crippen LogP contribution in [0.3, 0.4) is 0 Å². The second kappa shape index (κ2) is 3.95. The van der Waals surface area contributed by atoms with Gasteiger partial charge < -0.3 is 25.2 Å². The lowest BCUT2D eigenvalue weighted by molar-refractivity contribution is -0.166. The molecule has 72 valence electrons. The summed E-state index contributed by atoms with van der Waals surface area (Å²) in [4.78, 5) is 10.1. The lowest BCUT2D eigenvalue weighted by Crippen LogP contribution is -2.54. The average Bonchev–Trinajstić information content (AvgIpc) is 2.01. The smallest absolute Gasteiger partial charge is 0.151 e. The van der Waals surface area contributed by atoms with Crippen molar-refractivity contribution in [1.29, 1.82) is 0 Å². The molecular weight excluding hydrogens is 164 g/mol. The predicted octanol–water partition coefficient (Wildman–Crippen LogP) is -1.96. The first kappa shape index (κ1) is 11.5. The van der Waals surface area contributed by atoms with E-state index in [4.69, 9.17) is 15.3 Å². The van der Waals surface area contributed by atoms with Crippen LogP contribution in [0.15, 0.2) is 0 Å². The highest BCUT2D eigenvalue weighted by Crippen LogP contribution is 2.16. The Morgan fingerprint density at radius 2 is 1.75 bits per heavy atom. The minimum atomic E-state index is -2.02. The standard InChI is InChI=1S/C7H14O5/c1-4(9)6(11)7(2,12)5(10)3-8/h3-6,9-12H,1-2H3/t4-,5-,6-,7-/m0/s1. The van der Waals surface area contributed by atoms with Crippen LogP contribution in [0.2, 0.25) is 0 Å². The van der Waals surface area contributed by atoms with Gasteiger partial charge in [-0.25, -0.2) is 0 Å². The number of aliphatic hydroxyl groups excluding tert-OH is 3. The lowest BCUT2D eigenvalue weighted by Gasteiger charge is -2.32. The van der Waals surface area contributed by atoms with E-state index in [1.807, 2.05) is 0 Å². The van der Waals surface area contributed by atoms with E-state index in [1.165, 1.54) is 6.92 Å². The topological polar surface area (TPSA) is 98.0 Å². The van der Waals surface area contributed by atoms with Crippen molar-refractivity contribution in [2.45, 2.75) is 37.8 Å². The molecule has 0 aromatic rings. The summed E-state index contributed by atoms with van der Waals surface area (Å²) in [6.45, 7) is 2.32. The number of hydrogen-bond donors (Lipinski definition) is 4. The van der Waals surface area contributed by atoms with Crippen LogP contribution in [0, 0.1) is 0 Å². The number of aliphatic hydroxyl groups is 4. The van der Waals surface area contributed by atoms with Gasteiger partial charge in [0.25, 0.3) is 0 Å². The third-order valence-corrected chi connectivity index (χ3v) is 1.78. The largest absolute Gasteiger partial charge is 0.391 e. The summed E-state index contributed by atoms with van der Waals surface area (Å²) < 4.78 is 0. The molecule has 0 aliphatic carbocycles. The van der Waals surface area contributed by atoms with Crippen LogP contribution >= 0.6 is 0 Å². The van der Waals surface area contributed by atoms with E-state index in [0.717, 1.165) is 6.92 Å². The zero-order valence-electron chi connectivity index (χ0n) is 7.01. The first-order chi connectivity index (χ1) is 5.34. The molecule has 0 bridgehead atoms. The Morgan fingerprint density at radius 3 is 2.00 bits per heavy atom. The first-order valence-corrected chi connectivity index (χ1v) is 3.56. The third kappa shape index (κ3) is 2.25. The normalized spacial score (nSPS) is 23.8. The van der Waals surface area contributed by atoms with E-state index >= 15 is 0 Å². The SMILES string of the molecule is C[C@H](O)[C@H](O)[C@@](C)(O)[C@@H](O)C=O. The molecule has 0 saturated carbocycles. The van der Waals surface area contributed by atoms with Gasteiger partial charge in [-0.1, -0.05) is 0 Å². The zero-order valence-corrected chi connectivity index (χ0v) is 7.01. The summed E-state index contributed by atoms with van der Waals surface area (Å²) in [5, 5.41) is 36.2. The molecule has 0 aromatic heterocycles. The second-order valence-electron chi connectivity index (χ2n) is 2.99.